The molecule has 0 amide bonds. The standard InChI is InChI=1S/C16H20N2O/c1-12(2)18-15(10-11-17-18)16(19)9-8-14-6-4-13(3)5-7-14/h4-7,10-12H,8-9H2,1-3H3. The van der Waals surface area contributed by atoms with Crippen LogP contribution in [0.1, 0.15) is 47.9 Å². The number of nitrogens with zero attached hydrogens (tertiary/aromatic N) is 2. The first-order chi connectivity index (χ1) is 9.08. The molecule has 2 rings (SSSR count). The molecule has 0 radical (unpaired) electrons. The zero-order valence-corrected chi connectivity index (χ0v) is 11.8. The molecule has 1 aromatic carbocycles. The number of aromatic nitrogens is 2. The van der Waals surface area contributed by atoms with Crippen LogP contribution in [-0.4, -0.2) is 15.6 Å². The highest BCUT2D eigenvalue weighted by Gasteiger charge is 2.13. The van der Waals surface area contributed by atoms with E-state index in [9.17, 15) is 4.79 Å². The van der Waals surface area contributed by atoms with Crippen LogP contribution in [0.4, 0.5) is 0 Å². The van der Waals surface area contributed by atoms with E-state index in [4.69, 9.17) is 0 Å². The minimum atomic E-state index is 0.159. The summed E-state index contributed by atoms with van der Waals surface area (Å²) in [5.41, 5.74) is 3.16. The Hall–Kier alpha value is -1.90. The fourth-order valence-electron chi connectivity index (χ4n) is 2.09. The van der Waals surface area contributed by atoms with E-state index in [1.54, 1.807) is 16.9 Å². The van der Waals surface area contributed by atoms with Gasteiger partial charge in [-0.25, -0.2) is 0 Å². The lowest BCUT2D eigenvalue weighted by molar-refractivity contribution is 0.0970. The van der Waals surface area contributed by atoms with Gasteiger partial charge in [-0.3, -0.25) is 9.48 Å². The van der Waals surface area contributed by atoms with Crippen molar-refractivity contribution in [2.45, 2.75) is 39.7 Å². The van der Waals surface area contributed by atoms with Crippen molar-refractivity contribution in [1.82, 2.24) is 9.78 Å². The lowest BCUT2D eigenvalue weighted by atomic mass is 10.0. The molecule has 0 bridgehead atoms. The number of benzene rings is 1. The molecule has 3 heteroatoms. The maximum Gasteiger partial charge on any atom is 0.181 e. The van der Waals surface area contributed by atoms with E-state index in [1.807, 2.05) is 13.8 Å². The van der Waals surface area contributed by atoms with Crippen molar-refractivity contribution >= 4 is 5.78 Å². The number of hydrogen-bond donors (Lipinski definition) is 0. The summed E-state index contributed by atoms with van der Waals surface area (Å²) in [5.74, 6) is 0.159. The molecule has 0 N–H and O–H groups in total. The van der Waals surface area contributed by atoms with Crippen LogP contribution >= 0.6 is 0 Å². The second-order valence-electron chi connectivity index (χ2n) is 5.16. The predicted octanol–water partition coefficient (Wildman–Crippen LogP) is 3.59. The van der Waals surface area contributed by atoms with Gasteiger partial charge in [0.25, 0.3) is 0 Å². The number of hydrogen-bond acceptors (Lipinski definition) is 2. The predicted molar refractivity (Wildman–Crippen MR) is 76.4 cm³/mol. The molecule has 2 aromatic rings. The highest BCUT2D eigenvalue weighted by molar-refractivity contribution is 5.94. The summed E-state index contributed by atoms with van der Waals surface area (Å²) in [4.78, 5) is 12.2. The fraction of sp³-hybridized carbons (Fsp3) is 0.375. The van der Waals surface area contributed by atoms with Gasteiger partial charge in [-0.15, -0.1) is 0 Å². The van der Waals surface area contributed by atoms with Crippen molar-refractivity contribution in [3.05, 3.63) is 53.3 Å². The van der Waals surface area contributed by atoms with E-state index in [1.165, 1.54) is 11.1 Å². The van der Waals surface area contributed by atoms with Crippen LogP contribution in [0.2, 0.25) is 0 Å². The average Bonchev–Trinajstić information content (AvgIpc) is 2.87. The van der Waals surface area contributed by atoms with Crippen LogP contribution in [0.5, 0.6) is 0 Å². The quantitative estimate of drug-likeness (QED) is 0.766. The Labute approximate surface area is 114 Å². The normalized spacial score (nSPS) is 10.9. The van der Waals surface area contributed by atoms with Crippen molar-refractivity contribution in [2.75, 3.05) is 0 Å². The molecular weight excluding hydrogens is 236 g/mol. The van der Waals surface area contributed by atoms with Crippen molar-refractivity contribution in [3.63, 3.8) is 0 Å². The summed E-state index contributed by atoms with van der Waals surface area (Å²) in [6.07, 6.45) is 3.00. The van der Waals surface area contributed by atoms with Gasteiger partial charge in [-0.2, -0.15) is 5.10 Å². The van der Waals surface area contributed by atoms with Crippen LogP contribution in [0, 0.1) is 6.92 Å². The minimum Gasteiger partial charge on any atom is -0.292 e. The molecular formula is C16H20N2O. The van der Waals surface area contributed by atoms with Gasteiger partial charge in [-0.05, 0) is 38.8 Å². The molecule has 3 nitrogen and oxygen atoms in total. The van der Waals surface area contributed by atoms with Crippen molar-refractivity contribution in [1.29, 1.82) is 0 Å². The van der Waals surface area contributed by atoms with Gasteiger partial charge >= 0.3 is 0 Å². The van der Waals surface area contributed by atoms with Crippen molar-refractivity contribution in [2.24, 2.45) is 0 Å². The van der Waals surface area contributed by atoms with E-state index in [-0.39, 0.29) is 11.8 Å². The number of Topliss-reactive ketones (excluding diaryl/α,β-unsaturated/α-hetero) is 1. The molecule has 0 atom stereocenters. The first-order valence-corrected chi connectivity index (χ1v) is 6.70. The number of ketones is 1. The number of rotatable bonds is 5. The Balaban J connectivity index is 2.01. The molecule has 0 spiro atoms. The molecule has 0 aliphatic rings. The summed E-state index contributed by atoms with van der Waals surface area (Å²) >= 11 is 0. The minimum absolute atomic E-state index is 0.159. The smallest absolute Gasteiger partial charge is 0.181 e. The van der Waals surface area contributed by atoms with E-state index in [0.29, 0.717) is 12.1 Å². The number of carbonyl (C=O) groups excluding carboxylic acids is 1. The molecule has 19 heavy (non-hydrogen) atoms. The Bertz CT molecular complexity index is 552. The molecule has 0 aliphatic heterocycles. The lowest BCUT2D eigenvalue weighted by Gasteiger charge is -2.10. The molecule has 0 aliphatic carbocycles. The SMILES string of the molecule is Cc1ccc(CCC(=O)c2ccnn2C(C)C)cc1. The third-order valence-corrected chi connectivity index (χ3v) is 3.21. The second-order valence-corrected chi connectivity index (χ2v) is 5.16. The molecule has 0 saturated heterocycles. The summed E-state index contributed by atoms with van der Waals surface area (Å²) in [6, 6.07) is 10.4. The summed E-state index contributed by atoms with van der Waals surface area (Å²) in [6.45, 7) is 6.13. The number of carbonyl (C=O) groups is 1. The zero-order chi connectivity index (χ0) is 13.8. The van der Waals surface area contributed by atoms with Gasteiger partial charge in [-0.1, -0.05) is 29.8 Å². The molecule has 1 heterocycles. The van der Waals surface area contributed by atoms with E-state index in [2.05, 4.69) is 36.3 Å². The van der Waals surface area contributed by atoms with E-state index < -0.39 is 0 Å². The molecule has 100 valence electrons. The monoisotopic (exact) mass is 256 g/mol. The maximum absolute atomic E-state index is 12.2. The van der Waals surface area contributed by atoms with Gasteiger partial charge < -0.3 is 0 Å². The molecule has 0 saturated carbocycles. The molecule has 0 fully saturated rings. The third kappa shape index (κ3) is 3.31. The lowest BCUT2D eigenvalue weighted by Crippen LogP contribution is -2.13. The van der Waals surface area contributed by atoms with E-state index in [0.717, 1.165) is 6.42 Å². The highest BCUT2D eigenvalue weighted by atomic mass is 16.1. The van der Waals surface area contributed by atoms with Crippen LogP contribution in [0.25, 0.3) is 0 Å². The van der Waals surface area contributed by atoms with Crippen molar-refractivity contribution < 1.29 is 4.79 Å². The summed E-state index contributed by atoms with van der Waals surface area (Å²) in [7, 11) is 0. The largest absolute Gasteiger partial charge is 0.292 e. The maximum atomic E-state index is 12.2. The molecule has 0 unspecified atom stereocenters. The Morgan fingerprint density at radius 2 is 1.89 bits per heavy atom. The van der Waals surface area contributed by atoms with Crippen LogP contribution in [0.15, 0.2) is 36.5 Å². The Kier molecular flexibility index (Phi) is 4.15. The van der Waals surface area contributed by atoms with Gasteiger partial charge in [0.05, 0.1) is 0 Å². The summed E-state index contributed by atoms with van der Waals surface area (Å²) < 4.78 is 1.79. The Morgan fingerprint density at radius 1 is 1.21 bits per heavy atom. The first-order valence-electron chi connectivity index (χ1n) is 6.70. The summed E-state index contributed by atoms with van der Waals surface area (Å²) in [5, 5.41) is 4.20. The van der Waals surface area contributed by atoms with Crippen molar-refractivity contribution in [3.8, 4) is 0 Å². The molecule has 1 aromatic heterocycles. The van der Waals surface area contributed by atoms with E-state index >= 15 is 0 Å². The van der Waals surface area contributed by atoms with Gasteiger partial charge in [0, 0.05) is 18.7 Å². The highest BCUT2D eigenvalue weighted by Crippen LogP contribution is 2.13. The van der Waals surface area contributed by atoms with Gasteiger partial charge in [0.2, 0.25) is 0 Å². The number of aryl methyl sites for hydroxylation is 2. The third-order valence-electron chi connectivity index (χ3n) is 3.21. The van der Waals surface area contributed by atoms with Gasteiger partial charge in [0.1, 0.15) is 5.69 Å². The average molecular weight is 256 g/mol. The van der Waals surface area contributed by atoms with Crippen LogP contribution in [0.3, 0.4) is 0 Å². The van der Waals surface area contributed by atoms with Crippen LogP contribution in [-0.2, 0) is 6.42 Å². The second kappa shape index (κ2) is 5.83. The first kappa shape index (κ1) is 13.5. The fourth-order valence-corrected chi connectivity index (χ4v) is 2.09. The Morgan fingerprint density at radius 3 is 2.53 bits per heavy atom. The van der Waals surface area contributed by atoms with Gasteiger partial charge in [0.15, 0.2) is 5.78 Å². The topological polar surface area (TPSA) is 34.9 Å². The van der Waals surface area contributed by atoms with Crippen LogP contribution < -0.4 is 0 Å². The zero-order valence-electron chi connectivity index (χ0n) is 11.8.